The summed E-state index contributed by atoms with van der Waals surface area (Å²) in [6, 6.07) is 0. The largest absolute Gasteiger partial charge is 0.370 e. The topological polar surface area (TPSA) is 86.2 Å². The van der Waals surface area contributed by atoms with Gasteiger partial charge in [-0.25, -0.2) is 0 Å². The molecule has 4 heteroatoms. The van der Waals surface area contributed by atoms with E-state index in [0.29, 0.717) is 6.42 Å². The molecular weight excluding hydrogens is 168 g/mol. The Kier molecular flexibility index (Phi) is 3.91. The average Bonchev–Trinajstić information content (AvgIpc) is 1.81. The van der Waals surface area contributed by atoms with Gasteiger partial charge >= 0.3 is 0 Å². The number of carbonyl (C=O) groups excluding carboxylic acids is 2. The normalized spacial score (nSPS) is 13.8. The van der Waals surface area contributed by atoms with E-state index in [2.05, 4.69) is 0 Å². The summed E-state index contributed by atoms with van der Waals surface area (Å²) in [6.45, 7) is 5.76. The first kappa shape index (κ1) is 11.9. The number of hydrogen-bond donors (Lipinski definition) is 2. The van der Waals surface area contributed by atoms with Crippen molar-refractivity contribution < 1.29 is 9.59 Å². The van der Waals surface area contributed by atoms with E-state index in [1.54, 1.807) is 0 Å². The molecule has 0 saturated heterocycles. The molecule has 0 fully saturated rings. The van der Waals surface area contributed by atoms with Crippen molar-refractivity contribution in [3.8, 4) is 0 Å². The molecule has 2 amide bonds. The first-order chi connectivity index (χ1) is 5.75. The molecule has 0 aromatic carbocycles. The Bertz CT molecular complexity index is 206. The van der Waals surface area contributed by atoms with Gasteiger partial charge in [0.2, 0.25) is 11.8 Å². The van der Waals surface area contributed by atoms with E-state index in [-0.39, 0.29) is 23.7 Å². The Morgan fingerprint density at radius 2 is 1.69 bits per heavy atom. The van der Waals surface area contributed by atoms with Crippen LogP contribution < -0.4 is 11.5 Å². The average molecular weight is 186 g/mol. The number of primary amides is 2. The van der Waals surface area contributed by atoms with E-state index in [1.165, 1.54) is 0 Å². The second kappa shape index (κ2) is 4.25. The van der Waals surface area contributed by atoms with Crippen molar-refractivity contribution in [3.05, 3.63) is 0 Å². The Morgan fingerprint density at radius 1 is 1.23 bits per heavy atom. The molecule has 0 aliphatic carbocycles. The third-order valence-corrected chi connectivity index (χ3v) is 2.07. The second-order valence-corrected chi connectivity index (χ2v) is 4.33. The van der Waals surface area contributed by atoms with Gasteiger partial charge in [0.15, 0.2) is 0 Å². The number of rotatable bonds is 4. The third-order valence-electron chi connectivity index (χ3n) is 2.07. The standard InChI is InChI=1S/C9H18N2O2/c1-9(2,3)6(8(11)13)4-5-7(10)12/h6H,4-5H2,1-3H3,(H2,10,12)(H2,11,13). The summed E-state index contributed by atoms with van der Waals surface area (Å²) >= 11 is 0. The van der Waals surface area contributed by atoms with Crippen molar-refractivity contribution in [2.45, 2.75) is 33.6 Å². The first-order valence-electron chi connectivity index (χ1n) is 4.32. The van der Waals surface area contributed by atoms with Crippen LogP contribution in [-0.2, 0) is 9.59 Å². The fraction of sp³-hybridized carbons (Fsp3) is 0.778. The van der Waals surface area contributed by atoms with Gasteiger partial charge < -0.3 is 11.5 Å². The van der Waals surface area contributed by atoms with Crippen LogP contribution in [0.4, 0.5) is 0 Å². The maximum Gasteiger partial charge on any atom is 0.221 e. The van der Waals surface area contributed by atoms with Gasteiger partial charge in [-0.05, 0) is 11.8 Å². The molecule has 0 aliphatic heterocycles. The minimum absolute atomic E-state index is 0.207. The molecule has 0 spiro atoms. The summed E-state index contributed by atoms with van der Waals surface area (Å²) in [5, 5.41) is 0. The van der Waals surface area contributed by atoms with Crippen LogP contribution in [0, 0.1) is 11.3 Å². The molecule has 1 atom stereocenters. The minimum atomic E-state index is -0.393. The van der Waals surface area contributed by atoms with Crippen molar-refractivity contribution >= 4 is 11.8 Å². The lowest BCUT2D eigenvalue weighted by molar-refractivity contribution is -0.125. The SMILES string of the molecule is CC(C)(C)C(CCC(N)=O)C(N)=O. The molecule has 76 valence electrons. The zero-order valence-electron chi connectivity index (χ0n) is 8.46. The third kappa shape index (κ3) is 4.50. The van der Waals surface area contributed by atoms with Crippen molar-refractivity contribution in [3.63, 3.8) is 0 Å². The lowest BCUT2D eigenvalue weighted by Gasteiger charge is -2.27. The van der Waals surface area contributed by atoms with Crippen molar-refractivity contribution in [2.24, 2.45) is 22.8 Å². The molecule has 0 saturated carbocycles. The van der Waals surface area contributed by atoms with Gasteiger partial charge in [0.1, 0.15) is 0 Å². The Balaban J connectivity index is 4.28. The van der Waals surface area contributed by atoms with Crippen LogP contribution in [0.15, 0.2) is 0 Å². The molecule has 0 aliphatic rings. The van der Waals surface area contributed by atoms with E-state index in [9.17, 15) is 9.59 Å². The van der Waals surface area contributed by atoms with E-state index in [0.717, 1.165) is 0 Å². The number of hydrogen-bond acceptors (Lipinski definition) is 2. The molecule has 4 nitrogen and oxygen atoms in total. The Labute approximate surface area is 78.7 Å². The molecule has 0 radical (unpaired) electrons. The summed E-state index contributed by atoms with van der Waals surface area (Å²) in [6.07, 6.45) is 0.652. The van der Waals surface area contributed by atoms with Crippen LogP contribution in [0.5, 0.6) is 0 Å². The fourth-order valence-electron chi connectivity index (χ4n) is 1.29. The number of nitrogens with two attached hydrogens (primary N) is 2. The summed E-state index contributed by atoms with van der Waals surface area (Å²) in [5.41, 5.74) is 10.0. The van der Waals surface area contributed by atoms with Crippen LogP contribution >= 0.6 is 0 Å². The van der Waals surface area contributed by atoms with Gasteiger partial charge in [-0.2, -0.15) is 0 Å². The van der Waals surface area contributed by atoms with Crippen LogP contribution in [0.25, 0.3) is 0 Å². The van der Waals surface area contributed by atoms with Crippen molar-refractivity contribution in [2.75, 3.05) is 0 Å². The van der Waals surface area contributed by atoms with Crippen molar-refractivity contribution in [1.29, 1.82) is 0 Å². The second-order valence-electron chi connectivity index (χ2n) is 4.33. The molecule has 13 heavy (non-hydrogen) atoms. The zero-order valence-corrected chi connectivity index (χ0v) is 8.46. The van der Waals surface area contributed by atoms with E-state index < -0.39 is 5.91 Å². The molecule has 4 N–H and O–H groups in total. The van der Waals surface area contributed by atoms with E-state index >= 15 is 0 Å². The van der Waals surface area contributed by atoms with Gasteiger partial charge in [0.05, 0.1) is 0 Å². The molecule has 0 rings (SSSR count). The highest BCUT2D eigenvalue weighted by Gasteiger charge is 2.29. The number of amides is 2. The van der Waals surface area contributed by atoms with Crippen LogP contribution in [0.1, 0.15) is 33.6 Å². The van der Waals surface area contributed by atoms with Crippen LogP contribution in [-0.4, -0.2) is 11.8 Å². The van der Waals surface area contributed by atoms with Crippen LogP contribution in [0.2, 0.25) is 0 Å². The van der Waals surface area contributed by atoms with Gasteiger partial charge in [-0.3, -0.25) is 9.59 Å². The smallest absolute Gasteiger partial charge is 0.221 e. The lowest BCUT2D eigenvalue weighted by Crippen LogP contribution is -2.34. The van der Waals surface area contributed by atoms with Gasteiger partial charge in [0.25, 0.3) is 0 Å². The Hall–Kier alpha value is -1.06. The summed E-state index contributed by atoms with van der Waals surface area (Å²) in [5.74, 6) is -1.05. The molecular formula is C9H18N2O2. The molecule has 1 unspecified atom stereocenters. The zero-order chi connectivity index (χ0) is 10.6. The molecule has 0 bridgehead atoms. The molecule has 0 heterocycles. The number of carbonyl (C=O) groups is 2. The van der Waals surface area contributed by atoms with Gasteiger partial charge in [0, 0.05) is 12.3 Å². The van der Waals surface area contributed by atoms with Crippen LogP contribution in [0.3, 0.4) is 0 Å². The summed E-state index contributed by atoms with van der Waals surface area (Å²) in [4.78, 5) is 21.6. The minimum Gasteiger partial charge on any atom is -0.370 e. The molecule has 0 aromatic heterocycles. The highest BCUT2D eigenvalue weighted by atomic mass is 16.1. The molecule has 0 aromatic rings. The maximum atomic E-state index is 11.0. The predicted molar refractivity (Wildman–Crippen MR) is 50.6 cm³/mol. The monoisotopic (exact) mass is 186 g/mol. The fourth-order valence-corrected chi connectivity index (χ4v) is 1.29. The predicted octanol–water partition coefficient (Wildman–Crippen LogP) is 0.399. The van der Waals surface area contributed by atoms with E-state index in [1.807, 2.05) is 20.8 Å². The van der Waals surface area contributed by atoms with E-state index in [4.69, 9.17) is 11.5 Å². The Morgan fingerprint density at radius 3 is 1.92 bits per heavy atom. The highest BCUT2D eigenvalue weighted by Crippen LogP contribution is 2.29. The highest BCUT2D eigenvalue weighted by molar-refractivity contribution is 5.79. The van der Waals surface area contributed by atoms with Gasteiger partial charge in [-0.15, -0.1) is 0 Å². The lowest BCUT2D eigenvalue weighted by atomic mass is 9.77. The first-order valence-corrected chi connectivity index (χ1v) is 4.32. The maximum absolute atomic E-state index is 11.0. The van der Waals surface area contributed by atoms with Gasteiger partial charge in [-0.1, -0.05) is 20.8 Å². The summed E-state index contributed by atoms with van der Waals surface area (Å²) in [7, 11) is 0. The summed E-state index contributed by atoms with van der Waals surface area (Å²) < 4.78 is 0. The van der Waals surface area contributed by atoms with Crippen molar-refractivity contribution in [1.82, 2.24) is 0 Å². The quantitative estimate of drug-likeness (QED) is 0.665.